The summed E-state index contributed by atoms with van der Waals surface area (Å²) in [5, 5.41) is 8.65. The average Bonchev–Trinajstić information content (AvgIpc) is 3.75. The Morgan fingerprint density at radius 2 is 1.54 bits per heavy atom. The molecule has 2 aliphatic heterocycles. The molecule has 0 spiro atoms. The molecule has 3 aromatic carbocycles. The number of likely N-dealkylation sites (tertiary alicyclic amines) is 1. The van der Waals surface area contributed by atoms with Crippen LogP contribution < -0.4 is 10.6 Å². The molecule has 0 radical (unpaired) electrons. The summed E-state index contributed by atoms with van der Waals surface area (Å²) in [6.45, 7) is 7.73. The van der Waals surface area contributed by atoms with Gasteiger partial charge in [0.05, 0.1) is 0 Å². The van der Waals surface area contributed by atoms with Gasteiger partial charge in [0.2, 0.25) is 18.0 Å². The molecule has 0 aromatic heterocycles. The van der Waals surface area contributed by atoms with Gasteiger partial charge >= 0.3 is 6.09 Å². The van der Waals surface area contributed by atoms with Gasteiger partial charge in [-0.2, -0.15) is 5.06 Å². The second kappa shape index (κ2) is 14.6. The van der Waals surface area contributed by atoms with Gasteiger partial charge in [0.25, 0.3) is 5.91 Å². The second-order valence-corrected chi connectivity index (χ2v) is 12.3. The molecule has 0 saturated carbocycles. The van der Waals surface area contributed by atoms with Crippen molar-refractivity contribution in [3.05, 3.63) is 83.9 Å². The van der Waals surface area contributed by atoms with Crippen LogP contribution in [0.25, 0.3) is 10.8 Å². The molecule has 2 heterocycles. The molecule has 5 rings (SSSR count). The first kappa shape index (κ1) is 32.6. The van der Waals surface area contributed by atoms with E-state index >= 15 is 0 Å². The quantitative estimate of drug-likeness (QED) is 0.335. The number of hydrogen-bond donors (Lipinski definition) is 2. The summed E-state index contributed by atoms with van der Waals surface area (Å²) < 4.78 is 5.34. The van der Waals surface area contributed by atoms with Gasteiger partial charge in [-0.15, -0.1) is 0 Å². The highest BCUT2D eigenvalue weighted by Gasteiger charge is 2.41. The lowest BCUT2D eigenvalue weighted by Gasteiger charge is -2.32. The molecule has 11 heteroatoms. The number of carbonyl (C=O) groups is 4. The zero-order valence-electron chi connectivity index (χ0n) is 26.6. The van der Waals surface area contributed by atoms with Crippen LogP contribution in [0.15, 0.2) is 77.8 Å². The second-order valence-electron chi connectivity index (χ2n) is 12.3. The third-order valence-electron chi connectivity index (χ3n) is 8.31. The standard InChI is InChI=1S/C35H41N5O6/c1-22(2)29(38-35(44)45-20-24-12-6-5-7-13-24)33(42)39-19-11-18-28(39)31(41)37-30(23(3)4)34(43)40-21-36-32(46-40)27-17-10-15-25-14-8-9-16-26(25)27/h5-10,12-17,21-23,28-30,32H,11,18-20H2,1-4H3,(H,37,41)(H,38,44)/t28-,29-,30?,32?/m0/s1. The fourth-order valence-corrected chi connectivity index (χ4v) is 5.78. The van der Waals surface area contributed by atoms with Crippen LogP contribution in [0.5, 0.6) is 0 Å². The summed E-state index contributed by atoms with van der Waals surface area (Å²) in [5.41, 5.74) is 1.65. The number of amides is 4. The lowest BCUT2D eigenvalue weighted by atomic mass is 10.0. The van der Waals surface area contributed by atoms with E-state index in [1.807, 2.05) is 100 Å². The van der Waals surface area contributed by atoms with Gasteiger partial charge < -0.3 is 20.3 Å². The molecule has 1 saturated heterocycles. The van der Waals surface area contributed by atoms with Gasteiger partial charge in [-0.25, -0.2) is 14.6 Å². The van der Waals surface area contributed by atoms with Gasteiger partial charge in [0, 0.05) is 12.1 Å². The van der Waals surface area contributed by atoms with Crippen molar-refractivity contribution in [2.24, 2.45) is 16.8 Å². The maximum atomic E-state index is 13.7. The van der Waals surface area contributed by atoms with Gasteiger partial charge in [0.1, 0.15) is 31.1 Å². The SMILES string of the molecule is CC(C)C(NC(=O)[C@@H]1CCCN1C(=O)[C@@H](NC(=O)OCc1ccccc1)C(C)C)C(=O)N1C=NC(c2cccc3ccccc23)O1. The molecular formula is C35H41N5O6. The Labute approximate surface area is 268 Å². The molecule has 4 atom stereocenters. The third-order valence-corrected chi connectivity index (χ3v) is 8.31. The molecule has 1 fully saturated rings. The van der Waals surface area contributed by atoms with Crippen molar-refractivity contribution in [2.75, 3.05) is 6.54 Å². The molecule has 3 aromatic rings. The average molecular weight is 628 g/mol. The van der Waals surface area contributed by atoms with Crippen LogP contribution in [-0.2, 0) is 30.6 Å². The molecular weight excluding hydrogens is 586 g/mol. The van der Waals surface area contributed by atoms with Gasteiger partial charge in [-0.1, -0.05) is 100 Å². The van der Waals surface area contributed by atoms with Crippen LogP contribution in [-0.4, -0.2) is 64.8 Å². The maximum absolute atomic E-state index is 13.7. The highest BCUT2D eigenvalue weighted by atomic mass is 16.7. The minimum absolute atomic E-state index is 0.0686. The van der Waals surface area contributed by atoms with E-state index in [1.165, 1.54) is 11.2 Å². The summed E-state index contributed by atoms with van der Waals surface area (Å²) in [4.78, 5) is 65.5. The number of hydroxylamine groups is 2. The Bertz CT molecular complexity index is 1590. The number of nitrogens with one attached hydrogen (secondary N) is 2. The van der Waals surface area contributed by atoms with Gasteiger partial charge in [-0.3, -0.25) is 14.4 Å². The number of ether oxygens (including phenoxy) is 1. The van der Waals surface area contributed by atoms with E-state index in [1.54, 1.807) is 0 Å². The first-order valence-corrected chi connectivity index (χ1v) is 15.7. The Morgan fingerprint density at radius 1 is 0.870 bits per heavy atom. The number of rotatable bonds is 10. The van der Waals surface area contributed by atoms with Gasteiger partial charge in [0.15, 0.2) is 0 Å². The number of benzene rings is 3. The molecule has 11 nitrogen and oxygen atoms in total. The van der Waals surface area contributed by atoms with E-state index in [9.17, 15) is 19.2 Å². The van der Waals surface area contributed by atoms with Crippen molar-refractivity contribution in [3.8, 4) is 0 Å². The highest BCUT2D eigenvalue weighted by molar-refractivity contribution is 5.97. The zero-order chi connectivity index (χ0) is 32.8. The fourth-order valence-electron chi connectivity index (χ4n) is 5.78. The number of alkyl carbamates (subject to hydrolysis) is 1. The van der Waals surface area contributed by atoms with Crippen LogP contribution in [0, 0.1) is 11.8 Å². The van der Waals surface area contributed by atoms with Crippen molar-refractivity contribution < 1.29 is 28.8 Å². The largest absolute Gasteiger partial charge is 0.445 e. The van der Waals surface area contributed by atoms with Crippen molar-refractivity contribution in [1.29, 1.82) is 0 Å². The van der Waals surface area contributed by atoms with Crippen molar-refractivity contribution in [1.82, 2.24) is 20.6 Å². The number of aliphatic imine (C=N–C) groups is 1. The lowest BCUT2D eigenvalue weighted by Crippen LogP contribution is -2.58. The van der Waals surface area contributed by atoms with E-state index < -0.39 is 42.3 Å². The normalized spacial score (nSPS) is 19.0. The summed E-state index contributed by atoms with van der Waals surface area (Å²) >= 11 is 0. The molecule has 46 heavy (non-hydrogen) atoms. The number of nitrogens with zero attached hydrogens (tertiary/aromatic N) is 3. The molecule has 242 valence electrons. The molecule has 2 aliphatic rings. The molecule has 0 aliphatic carbocycles. The fraction of sp³-hybridized carbons (Fsp3) is 0.400. The Hall–Kier alpha value is -4.77. The van der Waals surface area contributed by atoms with E-state index in [4.69, 9.17) is 9.57 Å². The van der Waals surface area contributed by atoms with Crippen molar-refractivity contribution >= 4 is 40.9 Å². The number of carbonyl (C=O) groups excluding carboxylic acids is 4. The minimum atomic E-state index is -0.922. The maximum Gasteiger partial charge on any atom is 0.408 e. The first-order chi connectivity index (χ1) is 22.1. The summed E-state index contributed by atoms with van der Waals surface area (Å²) in [6.07, 6.45) is 0.974. The van der Waals surface area contributed by atoms with Crippen LogP contribution in [0.3, 0.4) is 0 Å². The molecule has 2 unspecified atom stereocenters. The minimum Gasteiger partial charge on any atom is -0.445 e. The first-order valence-electron chi connectivity index (χ1n) is 15.7. The van der Waals surface area contributed by atoms with Crippen LogP contribution >= 0.6 is 0 Å². The number of hydrogen-bond acceptors (Lipinski definition) is 7. The van der Waals surface area contributed by atoms with E-state index in [-0.39, 0.29) is 24.3 Å². The Kier molecular flexibility index (Phi) is 10.3. The Morgan fingerprint density at radius 3 is 2.28 bits per heavy atom. The summed E-state index contributed by atoms with van der Waals surface area (Å²) in [7, 11) is 0. The predicted molar refractivity (Wildman–Crippen MR) is 173 cm³/mol. The van der Waals surface area contributed by atoms with E-state index in [0.29, 0.717) is 19.4 Å². The smallest absolute Gasteiger partial charge is 0.408 e. The van der Waals surface area contributed by atoms with E-state index in [2.05, 4.69) is 15.6 Å². The van der Waals surface area contributed by atoms with Crippen LogP contribution in [0.2, 0.25) is 0 Å². The predicted octanol–water partition coefficient (Wildman–Crippen LogP) is 4.72. The zero-order valence-corrected chi connectivity index (χ0v) is 26.6. The summed E-state index contributed by atoms with van der Waals surface area (Å²) in [6, 6.07) is 20.3. The molecule has 4 amide bonds. The van der Waals surface area contributed by atoms with Crippen LogP contribution in [0.1, 0.15) is 57.9 Å². The topological polar surface area (TPSA) is 130 Å². The molecule has 2 N–H and O–H groups in total. The van der Waals surface area contributed by atoms with Crippen molar-refractivity contribution in [3.63, 3.8) is 0 Å². The van der Waals surface area contributed by atoms with Crippen LogP contribution in [0.4, 0.5) is 4.79 Å². The van der Waals surface area contributed by atoms with Gasteiger partial charge in [-0.05, 0) is 41.0 Å². The third kappa shape index (κ3) is 7.37. The Balaban J connectivity index is 1.21. The highest BCUT2D eigenvalue weighted by Crippen LogP contribution is 2.31. The van der Waals surface area contributed by atoms with Crippen molar-refractivity contribution in [2.45, 2.75) is 71.5 Å². The molecule has 0 bridgehead atoms. The monoisotopic (exact) mass is 627 g/mol. The van der Waals surface area contributed by atoms with E-state index in [0.717, 1.165) is 27.0 Å². The lowest BCUT2D eigenvalue weighted by molar-refractivity contribution is -0.172. The number of fused-ring (bicyclic) bond motifs is 1. The summed E-state index contributed by atoms with van der Waals surface area (Å²) in [5.74, 6) is -1.81.